The van der Waals surface area contributed by atoms with Gasteiger partial charge in [-0.2, -0.15) is 5.10 Å². The Balaban J connectivity index is 2.21. The van der Waals surface area contributed by atoms with E-state index in [9.17, 15) is 4.39 Å². The minimum Gasteiger partial charge on any atom is -0.326 e. The van der Waals surface area contributed by atoms with E-state index in [1.165, 1.54) is 12.1 Å². The molecular weight excluding hydrogens is 205 g/mol. The number of halogens is 1. The normalized spacial score (nSPS) is 12.7. The van der Waals surface area contributed by atoms with E-state index in [4.69, 9.17) is 5.73 Å². The lowest BCUT2D eigenvalue weighted by Gasteiger charge is -2.03. The maximum atomic E-state index is 12.7. The minimum absolute atomic E-state index is 0.0703. The van der Waals surface area contributed by atoms with Gasteiger partial charge in [-0.15, -0.1) is 0 Å². The monoisotopic (exact) mass is 219 g/mol. The van der Waals surface area contributed by atoms with E-state index in [0.29, 0.717) is 6.54 Å². The van der Waals surface area contributed by atoms with Crippen LogP contribution in [0.15, 0.2) is 36.7 Å². The van der Waals surface area contributed by atoms with E-state index in [1.54, 1.807) is 23.0 Å². The second-order valence-electron chi connectivity index (χ2n) is 3.94. The topological polar surface area (TPSA) is 43.8 Å². The third-order valence-corrected chi connectivity index (χ3v) is 2.29. The van der Waals surface area contributed by atoms with E-state index in [1.807, 2.05) is 13.1 Å². The standard InChI is InChI=1S/C12H14FN3/c1-9(14)7-16-8-11(6-15-16)10-2-4-12(13)5-3-10/h2-6,8-9H,7,14H2,1H3. The summed E-state index contributed by atoms with van der Waals surface area (Å²) < 4.78 is 14.5. The zero-order chi connectivity index (χ0) is 11.5. The van der Waals surface area contributed by atoms with E-state index >= 15 is 0 Å². The predicted molar refractivity (Wildman–Crippen MR) is 61.3 cm³/mol. The van der Waals surface area contributed by atoms with Gasteiger partial charge in [0, 0.05) is 17.8 Å². The number of benzene rings is 1. The van der Waals surface area contributed by atoms with Crippen molar-refractivity contribution in [3.8, 4) is 11.1 Å². The van der Waals surface area contributed by atoms with Crippen molar-refractivity contribution in [2.24, 2.45) is 5.73 Å². The Morgan fingerprint density at radius 3 is 2.62 bits per heavy atom. The molecule has 0 amide bonds. The summed E-state index contributed by atoms with van der Waals surface area (Å²) in [6.07, 6.45) is 3.67. The maximum Gasteiger partial charge on any atom is 0.123 e. The number of nitrogens with two attached hydrogens (primary N) is 1. The van der Waals surface area contributed by atoms with Crippen LogP contribution < -0.4 is 5.73 Å². The smallest absolute Gasteiger partial charge is 0.123 e. The lowest BCUT2D eigenvalue weighted by Crippen LogP contribution is -2.22. The summed E-state index contributed by atoms with van der Waals surface area (Å²) in [4.78, 5) is 0. The highest BCUT2D eigenvalue weighted by Crippen LogP contribution is 2.18. The van der Waals surface area contributed by atoms with Gasteiger partial charge in [-0.05, 0) is 24.6 Å². The fourth-order valence-corrected chi connectivity index (χ4v) is 1.55. The summed E-state index contributed by atoms with van der Waals surface area (Å²) in [7, 11) is 0. The van der Waals surface area contributed by atoms with Gasteiger partial charge in [0.2, 0.25) is 0 Å². The van der Waals surface area contributed by atoms with Crippen molar-refractivity contribution in [2.75, 3.05) is 0 Å². The first-order valence-electron chi connectivity index (χ1n) is 5.19. The summed E-state index contributed by atoms with van der Waals surface area (Å²) in [6.45, 7) is 2.61. The van der Waals surface area contributed by atoms with E-state index in [-0.39, 0.29) is 11.9 Å². The molecule has 1 aromatic heterocycles. The van der Waals surface area contributed by atoms with Gasteiger partial charge in [0.05, 0.1) is 12.7 Å². The van der Waals surface area contributed by atoms with Crippen LogP contribution in [0.1, 0.15) is 6.92 Å². The number of hydrogen-bond donors (Lipinski definition) is 1. The van der Waals surface area contributed by atoms with Crippen LogP contribution >= 0.6 is 0 Å². The highest BCUT2D eigenvalue weighted by molar-refractivity contribution is 5.61. The van der Waals surface area contributed by atoms with Crippen LogP contribution in [0.5, 0.6) is 0 Å². The molecule has 0 fully saturated rings. The molecule has 1 unspecified atom stereocenters. The van der Waals surface area contributed by atoms with Gasteiger partial charge in [0.15, 0.2) is 0 Å². The van der Waals surface area contributed by atoms with Crippen molar-refractivity contribution < 1.29 is 4.39 Å². The molecule has 0 saturated heterocycles. The molecule has 2 aromatic rings. The Morgan fingerprint density at radius 2 is 2.00 bits per heavy atom. The number of aromatic nitrogens is 2. The molecule has 1 heterocycles. The average molecular weight is 219 g/mol. The molecule has 0 aliphatic heterocycles. The minimum atomic E-state index is -0.230. The second kappa shape index (κ2) is 4.45. The average Bonchev–Trinajstić information content (AvgIpc) is 2.66. The molecular formula is C12H14FN3. The molecule has 0 bridgehead atoms. The predicted octanol–water partition coefficient (Wildman–Crippen LogP) is 2.04. The van der Waals surface area contributed by atoms with Crippen molar-refractivity contribution >= 4 is 0 Å². The lowest BCUT2D eigenvalue weighted by atomic mass is 10.1. The highest BCUT2D eigenvalue weighted by Gasteiger charge is 2.03. The van der Waals surface area contributed by atoms with Gasteiger partial charge < -0.3 is 5.73 Å². The quantitative estimate of drug-likeness (QED) is 0.858. The van der Waals surface area contributed by atoms with Crippen LogP contribution in [0.25, 0.3) is 11.1 Å². The largest absolute Gasteiger partial charge is 0.326 e. The number of rotatable bonds is 3. The SMILES string of the molecule is CC(N)Cn1cc(-c2ccc(F)cc2)cn1. The summed E-state index contributed by atoms with van der Waals surface area (Å²) >= 11 is 0. The first kappa shape index (κ1) is 10.8. The van der Waals surface area contributed by atoms with Gasteiger partial charge in [-0.25, -0.2) is 4.39 Å². The molecule has 0 spiro atoms. The molecule has 0 aliphatic rings. The van der Waals surface area contributed by atoms with Crippen LogP contribution in [0, 0.1) is 5.82 Å². The Hall–Kier alpha value is -1.68. The Kier molecular flexibility index (Phi) is 3.01. The van der Waals surface area contributed by atoms with Gasteiger partial charge in [-0.1, -0.05) is 12.1 Å². The van der Waals surface area contributed by atoms with Crippen molar-refractivity contribution in [3.63, 3.8) is 0 Å². The van der Waals surface area contributed by atoms with E-state index in [2.05, 4.69) is 5.10 Å². The van der Waals surface area contributed by atoms with Crippen molar-refractivity contribution in [2.45, 2.75) is 19.5 Å². The fourth-order valence-electron chi connectivity index (χ4n) is 1.55. The molecule has 2 rings (SSSR count). The molecule has 16 heavy (non-hydrogen) atoms. The van der Waals surface area contributed by atoms with E-state index in [0.717, 1.165) is 11.1 Å². The molecule has 1 atom stereocenters. The first-order chi connectivity index (χ1) is 7.65. The van der Waals surface area contributed by atoms with Crippen LogP contribution in [-0.2, 0) is 6.54 Å². The molecule has 1 aromatic carbocycles. The molecule has 0 radical (unpaired) electrons. The van der Waals surface area contributed by atoms with Crippen LogP contribution in [0.4, 0.5) is 4.39 Å². The van der Waals surface area contributed by atoms with Crippen LogP contribution in [0.2, 0.25) is 0 Å². The number of hydrogen-bond acceptors (Lipinski definition) is 2. The third kappa shape index (κ3) is 2.46. The van der Waals surface area contributed by atoms with Crippen LogP contribution in [0.3, 0.4) is 0 Å². The van der Waals surface area contributed by atoms with Gasteiger partial charge in [-0.3, -0.25) is 4.68 Å². The maximum absolute atomic E-state index is 12.7. The molecule has 3 nitrogen and oxygen atoms in total. The first-order valence-corrected chi connectivity index (χ1v) is 5.19. The zero-order valence-corrected chi connectivity index (χ0v) is 9.10. The lowest BCUT2D eigenvalue weighted by molar-refractivity contribution is 0.539. The summed E-state index contributed by atoms with van der Waals surface area (Å²) in [5, 5.41) is 4.20. The molecule has 4 heteroatoms. The van der Waals surface area contributed by atoms with Crippen molar-refractivity contribution in [1.29, 1.82) is 0 Å². The van der Waals surface area contributed by atoms with Gasteiger partial charge in [0.25, 0.3) is 0 Å². The fraction of sp³-hybridized carbons (Fsp3) is 0.250. The third-order valence-electron chi connectivity index (χ3n) is 2.29. The van der Waals surface area contributed by atoms with E-state index < -0.39 is 0 Å². The Morgan fingerprint density at radius 1 is 1.31 bits per heavy atom. The molecule has 0 saturated carbocycles. The Labute approximate surface area is 93.7 Å². The second-order valence-corrected chi connectivity index (χ2v) is 3.94. The Bertz CT molecular complexity index is 459. The van der Waals surface area contributed by atoms with Crippen molar-refractivity contribution in [3.05, 3.63) is 42.5 Å². The zero-order valence-electron chi connectivity index (χ0n) is 9.10. The molecule has 2 N–H and O–H groups in total. The van der Waals surface area contributed by atoms with Crippen molar-refractivity contribution in [1.82, 2.24) is 9.78 Å². The summed E-state index contributed by atoms with van der Waals surface area (Å²) in [5.41, 5.74) is 7.61. The summed E-state index contributed by atoms with van der Waals surface area (Å²) in [5.74, 6) is -0.230. The van der Waals surface area contributed by atoms with Gasteiger partial charge in [0.1, 0.15) is 5.82 Å². The number of nitrogens with zero attached hydrogens (tertiary/aromatic N) is 2. The molecule has 84 valence electrons. The summed E-state index contributed by atoms with van der Waals surface area (Å²) in [6, 6.07) is 6.43. The molecule has 0 aliphatic carbocycles. The van der Waals surface area contributed by atoms with Gasteiger partial charge >= 0.3 is 0 Å². The highest BCUT2D eigenvalue weighted by atomic mass is 19.1. The van der Waals surface area contributed by atoms with Crippen LogP contribution in [-0.4, -0.2) is 15.8 Å².